The molecule has 0 spiro atoms. The van der Waals surface area contributed by atoms with E-state index in [1.807, 2.05) is 4.98 Å². The van der Waals surface area contributed by atoms with E-state index in [-0.39, 0.29) is 17.4 Å². The fourth-order valence-electron chi connectivity index (χ4n) is 2.90. The minimum absolute atomic E-state index is 0.0480. The van der Waals surface area contributed by atoms with E-state index in [0.717, 1.165) is 31.9 Å². The monoisotopic (exact) mass is 279 g/mol. The molecule has 20 heavy (non-hydrogen) atoms. The largest absolute Gasteiger partial charge is 0.390 e. The van der Waals surface area contributed by atoms with Crippen LogP contribution in [0, 0.1) is 5.92 Å². The number of hydrogen-bond acceptors (Lipinski definition) is 4. The quantitative estimate of drug-likeness (QED) is 0.674. The predicted molar refractivity (Wildman–Crippen MR) is 70.5 cm³/mol. The number of piperidine rings is 1. The lowest BCUT2D eigenvalue weighted by molar-refractivity contribution is 0.0339. The zero-order valence-corrected chi connectivity index (χ0v) is 11.0. The molecule has 1 saturated carbocycles. The Hall–Kier alpha value is -1.89. The maximum atomic E-state index is 12.2. The first-order valence-electron chi connectivity index (χ1n) is 6.83. The summed E-state index contributed by atoms with van der Waals surface area (Å²) in [5.41, 5.74) is -1.85. The number of amides is 1. The number of nitrogens with zero attached hydrogens (tertiary/aromatic N) is 1. The molecule has 7 heteroatoms. The molecule has 108 valence electrons. The fraction of sp³-hybridized carbons (Fsp3) is 0.615. The molecule has 7 nitrogen and oxygen atoms in total. The van der Waals surface area contributed by atoms with Crippen molar-refractivity contribution < 1.29 is 9.90 Å². The van der Waals surface area contributed by atoms with Crippen LogP contribution in [0.3, 0.4) is 0 Å². The maximum absolute atomic E-state index is 12.2. The molecule has 1 aliphatic heterocycles. The van der Waals surface area contributed by atoms with Crippen LogP contribution in [0.25, 0.3) is 0 Å². The molecule has 0 radical (unpaired) electrons. The summed E-state index contributed by atoms with van der Waals surface area (Å²) >= 11 is 0. The molecular weight excluding hydrogens is 262 g/mol. The smallest absolute Gasteiger partial charge is 0.325 e. The summed E-state index contributed by atoms with van der Waals surface area (Å²) < 4.78 is 0. The lowest BCUT2D eigenvalue weighted by Crippen LogP contribution is -2.44. The first-order valence-corrected chi connectivity index (χ1v) is 6.83. The van der Waals surface area contributed by atoms with Crippen molar-refractivity contribution in [2.45, 2.75) is 31.3 Å². The maximum Gasteiger partial charge on any atom is 0.325 e. The highest BCUT2D eigenvalue weighted by atomic mass is 16.3. The molecule has 1 aromatic rings. The number of aromatic nitrogens is 2. The Morgan fingerprint density at radius 3 is 2.50 bits per heavy atom. The molecule has 1 saturated heterocycles. The van der Waals surface area contributed by atoms with Crippen LogP contribution in [0.5, 0.6) is 0 Å². The minimum atomic E-state index is -0.665. The van der Waals surface area contributed by atoms with Gasteiger partial charge in [-0.05, 0) is 31.6 Å². The van der Waals surface area contributed by atoms with Crippen molar-refractivity contribution in [2.75, 3.05) is 13.1 Å². The number of aliphatic hydroxyl groups is 1. The number of likely N-dealkylation sites (tertiary alicyclic amines) is 1. The van der Waals surface area contributed by atoms with Gasteiger partial charge in [-0.1, -0.05) is 0 Å². The molecule has 1 aromatic heterocycles. The van der Waals surface area contributed by atoms with Gasteiger partial charge in [-0.15, -0.1) is 0 Å². The van der Waals surface area contributed by atoms with Crippen LogP contribution in [0.4, 0.5) is 0 Å². The highest BCUT2D eigenvalue weighted by molar-refractivity contribution is 5.93. The number of carbonyl (C=O) groups is 1. The molecule has 0 bridgehead atoms. The third kappa shape index (κ3) is 2.29. The van der Waals surface area contributed by atoms with Crippen LogP contribution >= 0.6 is 0 Å². The summed E-state index contributed by atoms with van der Waals surface area (Å²) in [5, 5.41) is 10.1. The average molecular weight is 279 g/mol. The number of aromatic amines is 2. The molecule has 2 fully saturated rings. The second-order valence-corrected chi connectivity index (χ2v) is 5.66. The summed E-state index contributed by atoms with van der Waals surface area (Å²) in [6, 6.07) is 0. The second-order valence-electron chi connectivity index (χ2n) is 5.66. The molecular formula is C13H17N3O4. The lowest BCUT2D eigenvalue weighted by Gasteiger charge is -2.34. The molecule has 2 heterocycles. The van der Waals surface area contributed by atoms with Gasteiger partial charge in [0.25, 0.3) is 11.5 Å². The summed E-state index contributed by atoms with van der Waals surface area (Å²) in [5.74, 6) is -0.121. The van der Waals surface area contributed by atoms with E-state index in [9.17, 15) is 19.5 Å². The van der Waals surface area contributed by atoms with Gasteiger partial charge in [0.05, 0.1) is 5.60 Å². The first kappa shape index (κ1) is 13.1. The second kappa shape index (κ2) is 4.59. The molecule has 3 N–H and O–H groups in total. The average Bonchev–Trinajstić information content (AvgIpc) is 3.18. The van der Waals surface area contributed by atoms with E-state index in [1.165, 1.54) is 0 Å². The normalized spacial score (nSPS) is 21.8. The van der Waals surface area contributed by atoms with Crippen molar-refractivity contribution >= 4 is 5.91 Å². The zero-order valence-electron chi connectivity index (χ0n) is 11.0. The van der Waals surface area contributed by atoms with Crippen LogP contribution < -0.4 is 11.2 Å². The van der Waals surface area contributed by atoms with Gasteiger partial charge in [-0.25, -0.2) is 4.79 Å². The van der Waals surface area contributed by atoms with Crippen LogP contribution in [0.1, 0.15) is 36.0 Å². The third-order valence-corrected chi connectivity index (χ3v) is 4.35. The van der Waals surface area contributed by atoms with Gasteiger partial charge in [0, 0.05) is 19.3 Å². The number of nitrogens with one attached hydrogen (secondary N) is 2. The van der Waals surface area contributed by atoms with Crippen molar-refractivity contribution in [3.8, 4) is 0 Å². The van der Waals surface area contributed by atoms with Crippen LogP contribution in [0.2, 0.25) is 0 Å². The van der Waals surface area contributed by atoms with Gasteiger partial charge >= 0.3 is 5.69 Å². The minimum Gasteiger partial charge on any atom is -0.390 e. The van der Waals surface area contributed by atoms with E-state index in [1.54, 1.807) is 4.90 Å². The van der Waals surface area contributed by atoms with Crippen molar-refractivity contribution in [2.24, 2.45) is 5.92 Å². The van der Waals surface area contributed by atoms with Crippen molar-refractivity contribution in [3.05, 3.63) is 32.6 Å². The number of rotatable bonds is 2. The van der Waals surface area contributed by atoms with Crippen LogP contribution in [-0.4, -0.2) is 44.6 Å². The summed E-state index contributed by atoms with van der Waals surface area (Å²) in [6.07, 6.45) is 4.37. The molecule has 2 aliphatic rings. The lowest BCUT2D eigenvalue weighted by atomic mass is 9.89. The van der Waals surface area contributed by atoms with Gasteiger partial charge in [-0.2, -0.15) is 0 Å². The van der Waals surface area contributed by atoms with Crippen LogP contribution in [-0.2, 0) is 0 Å². The highest BCUT2D eigenvalue weighted by Gasteiger charge is 2.48. The standard InChI is InChI=1S/C13H17N3O4/c17-10-9(7-14-12(19)15-10)11(18)16-5-1-8(2-6-16)13(20)3-4-13/h7-8,20H,1-6H2,(H2,14,15,17,19). The van der Waals surface area contributed by atoms with Gasteiger partial charge in [0.1, 0.15) is 5.56 Å². The summed E-state index contributed by atoms with van der Waals surface area (Å²) in [7, 11) is 0. The Labute approximate surface area is 114 Å². The Morgan fingerprint density at radius 2 is 1.95 bits per heavy atom. The zero-order chi connectivity index (χ0) is 14.3. The SMILES string of the molecule is O=C(c1c[nH]c(=O)[nH]c1=O)N1CCC(C2(O)CC2)CC1. The number of H-pyrrole nitrogens is 2. The molecule has 0 unspecified atom stereocenters. The Bertz CT molecular complexity index is 636. The Kier molecular flexibility index (Phi) is 3.01. The third-order valence-electron chi connectivity index (χ3n) is 4.35. The van der Waals surface area contributed by atoms with Gasteiger partial charge in [0.15, 0.2) is 0 Å². The van der Waals surface area contributed by atoms with E-state index >= 15 is 0 Å². The predicted octanol–water partition coefficient (Wildman–Crippen LogP) is -0.560. The van der Waals surface area contributed by atoms with E-state index < -0.39 is 16.9 Å². The van der Waals surface area contributed by atoms with Gasteiger partial charge in [-0.3, -0.25) is 14.6 Å². The molecule has 0 atom stereocenters. The number of carbonyl (C=O) groups excluding carboxylic acids is 1. The molecule has 3 rings (SSSR count). The molecule has 1 amide bonds. The van der Waals surface area contributed by atoms with Crippen molar-refractivity contribution in [3.63, 3.8) is 0 Å². The Balaban J connectivity index is 1.70. The van der Waals surface area contributed by atoms with Gasteiger partial charge in [0.2, 0.25) is 0 Å². The number of hydrogen-bond donors (Lipinski definition) is 3. The topological polar surface area (TPSA) is 106 Å². The summed E-state index contributed by atoms with van der Waals surface area (Å²) in [4.78, 5) is 40.7. The van der Waals surface area contributed by atoms with E-state index in [4.69, 9.17) is 0 Å². The first-order chi connectivity index (χ1) is 9.49. The van der Waals surface area contributed by atoms with E-state index in [0.29, 0.717) is 13.1 Å². The highest BCUT2D eigenvalue weighted by Crippen LogP contribution is 2.46. The summed E-state index contributed by atoms with van der Waals surface area (Å²) in [6.45, 7) is 1.06. The van der Waals surface area contributed by atoms with Gasteiger partial charge < -0.3 is 15.0 Å². The molecule has 1 aliphatic carbocycles. The van der Waals surface area contributed by atoms with Crippen LogP contribution in [0.15, 0.2) is 15.8 Å². The Morgan fingerprint density at radius 1 is 1.30 bits per heavy atom. The van der Waals surface area contributed by atoms with Crippen molar-refractivity contribution in [1.82, 2.24) is 14.9 Å². The fourth-order valence-corrected chi connectivity index (χ4v) is 2.90. The van der Waals surface area contributed by atoms with E-state index in [2.05, 4.69) is 4.98 Å². The molecule has 0 aromatic carbocycles. The van der Waals surface area contributed by atoms with Crippen molar-refractivity contribution in [1.29, 1.82) is 0 Å².